The molecule has 1 aliphatic rings. The van der Waals surface area contributed by atoms with Crippen molar-refractivity contribution in [2.24, 2.45) is 0 Å². The lowest BCUT2D eigenvalue weighted by molar-refractivity contribution is 0.0775. The molecule has 3 heterocycles. The molecule has 0 N–H and O–H groups in total. The van der Waals surface area contributed by atoms with E-state index in [9.17, 15) is 4.79 Å². The Kier molecular flexibility index (Phi) is 5.94. The Morgan fingerprint density at radius 3 is 2.34 bits per heavy atom. The van der Waals surface area contributed by atoms with E-state index in [-0.39, 0.29) is 5.91 Å². The van der Waals surface area contributed by atoms with E-state index >= 15 is 0 Å². The molecule has 1 saturated heterocycles. The Bertz CT molecular complexity index is 910. The van der Waals surface area contributed by atoms with Gasteiger partial charge >= 0.3 is 0 Å². The van der Waals surface area contributed by atoms with E-state index in [1.54, 1.807) is 18.2 Å². The van der Waals surface area contributed by atoms with Crippen molar-refractivity contribution in [2.45, 2.75) is 32.2 Å². The topological polar surface area (TPSA) is 49.6 Å². The molecule has 5 nitrogen and oxygen atoms in total. The molecule has 0 bridgehead atoms. The first-order valence-electron chi connectivity index (χ1n) is 10.3. The smallest absolute Gasteiger partial charge is 0.254 e. The minimum Gasteiger partial charge on any atom is -0.467 e. The first kappa shape index (κ1) is 19.2. The number of rotatable bonds is 5. The number of hydrogen-bond acceptors (Lipinski definition) is 4. The normalized spacial score (nSPS) is 14.4. The van der Waals surface area contributed by atoms with Gasteiger partial charge in [-0.3, -0.25) is 4.79 Å². The van der Waals surface area contributed by atoms with Gasteiger partial charge in [-0.2, -0.15) is 0 Å². The fourth-order valence-electron chi connectivity index (χ4n) is 3.78. The Balaban J connectivity index is 1.42. The van der Waals surface area contributed by atoms with E-state index in [2.05, 4.69) is 22.0 Å². The molecule has 4 rings (SSSR count). The Morgan fingerprint density at radius 1 is 1.00 bits per heavy atom. The van der Waals surface area contributed by atoms with Gasteiger partial charge in [0.1, 0.15) is 11.6 Å². The molecule has 5 heteroatoms. The van der Waals surface area contributed by atoms with Crippen LogP contribution in [0.2, 0.25) is 0 Å². The van der Waals surface area contributed by atoms with Crippen LogP contribution in [-0.4, -0.2) is 35.9 Å². The van der Waals surface area contributed by atoms with E-state index in [1.807, 2.05) is 42.6 Å². The first-order chi connectivity index (χ1) is 14.2. The summed E-state index contributed by atoms with van der Waals surface area (Å²) in [6.07, 6.45) is 8.67. The van der Waals surface area contributed by atoms with Gasteiger partial charge in [-0.25, -0.2) is 4.98 Å². The van der Waals surface area contributed by atoms with Gasteiger partial charge in [-0.05, 0) is 54.8 Å². The Hall–Kier alpha value is -3.08. The number of aromatic nitrogens is 1. The number of pyridine rings is 1. The average Bonchev–Trinajstić information content (AvgIpc) is 3.12. The van der Waals surface area contributed by atoms with E-state index in [0.717, 1.165) is 35.8 Å². The number of amides is 1. The summed E-state index contributed by atoms with van der Waals surface area (Å²) in [6.45, 7) is 2.64. The molecule has 0 spiro atoms. The maximum absolute atomic E-state index is 12.6. The number of furan rings is 1. The van der Waals surface area contributed by atoms with Crippen molar-refractivity contribution in [3.63, 3.8) is 0 Å². The maximum atomic E-state index is 12.6. The van der Waals surface area contributed by atoms with Crippen molar-refractivity contribution in [1.29, 1.82) is 0 Å². The zero-order valence-corrected chi connectivity index (χ0v) is 16.9. The van der Waals surface area contributed by atoms with Crippen molar-refractivity contribution in [3.8, 4) is 11.1 Å². The summed E-state index contributed by atoms with van der Waals surface area (Å²) in [4.78, 5) is 21.4. The van der Waals surface area contributed by atoms with E-state index in [4.69, 9.17) is 4.42 Å². The molecule has 3 aromatic rings. The molecule has 0 radical (unpaired) electrons. The van der Waals surface area contributed by atoms with Gasteiger partial charge in [-0.1, -0.05) is 25.0 Å². The molecule has 2 aromatic heterocycles. The van der Waals surface area contributed by atoms with E-state index < -0.39 is 0 Å². The monoisotopic (exact) mass is 389 g/mol. The quantitative estimate of drug-likeness (QED) is 0.616. The van der Waals surface area contributed by atoms with Gasteiger partial charge < -0.3 is 14.2 Å². The van der Waals surface area contributed by atoms with Gasteiger partial charge in [0.15, 0.2) is 0 Å². The van der Waals surface area contributed by atoms with Crippen LogP contribution in [0, 0.1) is 0 Å². The van der Waals surface area contributed by atoms with E-state index in [0.29, 0.717) is 12.1 Å². The molecule has 0 unspecified atom stereocenters. The highest BCUT2D eigenvalue weighted by atomic mass is 16.3. The molecule has 1 amide bonds. The van der Waals surface area contributed by atoms with Crippen molar-refractivity contribution in [1.82, 2.24) is 9.88 Å². The molecule has 1 aliphatic heterocycles. The zero-order valence-electron chi connectivity index (χ0n) is 16.9. The highest BCUT2D eigenvalue weighted by Crippen LogP contribution is 2.23. The number of benzene rings is 1. The largest absolute Gasteiger partial charge is 0.467 e. The lowest BCUT2D eigenvalue weighted by Crippen LogP contribution is -2.25. The second-order valence-corrected chi connectivity index (χ2v) is 7.62. The van der Waals surface area contributed by atoms with Crippen LogP contribution in [0.5, 0.6) is 0 Å². The lowest BCUT2D eigenvalue weighted by Gasteiger charge is -2.21. The van der Waals surface area contributed by atoms with Crippen molar-refractivity contribution < 1.29 is 9.21 Å². The highest BCUT2D eigenvalue weighted by molar-refractivity contribution is 5.94. The summed E-state index contributed by atoms with van der Waals surface area (Å²) in [5.41, 5.74) is 2.79. The number of carbonyl (C=O) groups excluding carboxylic acids is 1. The van der Waals surface area contributed by atoms with Gasteiger partial charge in [0.25, 0.3) is 5.91 Å². The zero-order chi connectivity index (χ0) is 20.1. The first-order valence-corrected chi connectivity index (χ1v) is 10.3. The van der Waals surface area contributed by atoms with Gasteiger partial charge in [0.2, 0.25) is 0 Å². The van der Waals surface area contributed by atoms with Crippen molar-refractivity contribution in [2.75, 3.05) is 25.0 Å². The number of nitrogens with zero attached hydrogens (tertiary/aromatic N) is 3. The van der Waals surface area contributed by atoms with E-state index in [1.165, 1.54) is 25.7 Å². The summed E-state index contributed by atoms with van der Waals surface area (Å²) in [5.74, 6) is 1.80. The minimum absolute atomic E-state index is 0.0254. The predicted molar refractivity (Wildman–Crippen MR) is 115 cm³/mol. The maximum Gasteiger partial charge on any atom is 0.254 e. The SMILES string of the molecule is CN(Cc1ccco1)C(=O)c1ccc(-c2ccc(N3CCCCCC3)nc2)cc1. The lowest BCUT2D eigenvalue weighted by atomic mass is 10.0. The van der Waals surface area contributed by atoms with Gasteiger partial charge in [-0.15, -0.1) is 0 Å². The summed E-state index contributed by atoms with van der Waals surface area (Å²) < 4.78 is 5.32. The molecular weight excluding hydrogens is 362 g/mol. The molecule has 0 aliphatic carbocycles. The number of carbonyl (C=O) groups is 1. The summed E-state index contributed by atoms with van der Waals surface area (Å²) >= 11 is 0. The van der Waals surface area contributed by atoms with Crippen LogP contribution in [0.15, 0.2) is 65.4 Å². The molecule has 1 fully saturated rings. The van der Waals surface area contributed by atoms with Crippen LogP contribution < -0.4 is 4.90 Å². The third-order valence-electron chi connectivity index (χ3n) is 5.46. The molecular formula is C24H27N3O2. The standard InChI is InChI=1S/C24H27N3O2/c1-26(18-22-7-6-16-29-22)24(28)20-10-8-19(9-11-20)21-12-13-23(25-17-21)27-14-4-2-3-5-15-27/h6-13,16-17H,2-5,14-15,18H2,1H3. The van der Waals surface area contributed by atoms with Gasteiger partial charge in [0.05, 0.1) is 12.8 Å². The summed E-state index contributed by atoms with van der Waals surface area (Å²) in [5, 5.41) is 0. The summed E-state index contributed by atoms with van der Waals surface area (Å²) in [7, 11) is 1.78. The Morgan fingerprint density at radius 2 is 1.72 bits per heavy atom. The third kappa shape index (κ3) is 4.67. The Labute approximate surface area is 172 Å². The van der Waals surface area contributed by atoms with Crippen LogP contribution in [0.25, 0.3) is 11.1 Å². The van der Waals surface area contributed by atoms with Crippen LogP contribution >= 0.6 is 0 Å². The van der Waals surface area contributed by atoms with Gasteiger partial charge in [0, 0.05) is 37.5 Å². The van der Waals surface area contributed by atoms with Crippen LogP contribution in [0.3, 0.4) is 0 Å². The molecule has 150 valence electrons. The van der Waals surface area contributed by atoms with Crippen LogP contribution in [-0.2, 0) is 6.54 Å². The molecule has 1 aromatic carbocycles. The van der Waals surface area contributed by atoms with Crippen molar-refractivity contribution >= 4 is 11.7 Å². The number of anilines is 1. The minimum atomic E-state index is -0.0254. The number of hydrogen-bond donors (Lipinski definition) is 0. The molecule has 29 heavy (non-hydrogen) atoms. The highest BCUT2D eigenvalue weighted by Gasteiger charge is 2.14. The molecule has 0 atom stereocenters. The predicted octanol–water partition coefficient (Wildman–Crippen LogP) is 4.99. The fourth-order valence-corrected chi connectivity index (χ4v) is 3.78. The second-order valence-electron chi connectivity index (χ2n) is 7.62. The fraction of sp³-hybridized carbons (Fsp3) is 0.333. The van der Waals surface area contributed by atoms with Crippen LogP contribution in [0.1, 0.15) is 41.8 Å². The average molecular weight is 389 g/mol. The van der Waals surface area contributed by atoms with Crippen LogP contribution in [0.4, 0.5) is 5.82 Å². The third-order valence-corrected chi connectivity index (χ3v) is 5.46. The molecule has 0 saturated carbocycles. The summed E-state index contributed by atoms with van der Waals surface area (Å²) in [6, 6.07) is 15.6. The second kappa shape index (κ2) is 8.95. The van der Waals surface area contributed by atoms with Crippen molar-refractivity contribution in [3.05, 3.63) is 72.3 Å².